The van der Waals surface area contributed by atoms with E-state index in [1.165, 1.54) is 0 Å². The summed E-state index contributed by atoms with van der Waals surface area (Å²) >= 11 is 1.15. The van der Waals surface area contributed by atoms with Gasteiger partial charge in [0.05, 0.1) is 29.7 Å². The summed E-state index contributed by atoms with van der Waals surface area (Å²) in [6.07, 6.45) is 4.95. The van der Waals surface area contributed by atoms with Gasteiger partial charge in [-0.25, -0.2) is 0 Å². The van der Waals surface area contributed by atoms with Crippen molar-refractivity contribution in [3.63, 3.8) is 0 Å². The van der Waals surface area contributed by atoms with E-state index in [1.54, 1.807) is 24.7 Å². The second-order valence-corrected chi connectivity index (χ2v) is 3.46. The molecule has 1 N–H and O–H groups in total. The lowest BCUT2D eigenvalue weighted by molar-refractivity contribution is 0.177. The molecule has 0 saturated heterocycles. The lowest BCUT2D eigenvalue weighted by Gasteiger charge is -2.07. The Kier molecular flexibility index (Phi) is 2.81. The van der Waals surface area contributed by atoms with Crippen LogP contribution in [0.15, 0.2) is 30.7 Å². The first-order chi connectivity index (χ1) is 6.86. The molecule has 0 bridgehead atoms. The zero-order valence-electron chi connectivity index (χ0n) is 7.37. The maximum Gasteiger partial charge on any atom is 0.0861 e. The molecule has 2 aromatic rings. The Morgan fingerprint density at radius 1 is 1.43 bits per heavy atom. The fourth-order valence-corrected chi connectivity index (χ4v) is 1.61. The van der Waals surface area contributed by atoms with Crippen LogP contribution in [-0.4, -0.2) is 18.8 Å². The van der Waals surface area contributed by atoms with Crippen molar-refractivity contribution in [3.8, 4) is 0 Å². The minimum Gasteiger partial charge on any atom is -0.388 e. The lowest BCUT2D eigenvalue weighted by atomic mass is 10.1. The summed E-state index contributed by atoms with van der Waals surface area (Å²) in [6, 6.07) is 3.65. The molecule has 0 aliphatic heterocycles. The molecule has 2 heterocycles. The van der Waals surface area contributed by atoms with Crippen LogP contribution in [0.4, 0.5) is 0 Å². The zero-order valence-corrected chi connectivity index (χ0v) is 8.18. The standard InChI is InChI=1S/C9H9N3OS/c13-9(4-8-6-11-14-12-8)7-2-1-3-10-5-7/h1-3,5-6,9,13H,4H2. The average molecular weight is 207 g/mol. The molecule has 14 heavy (non-hydrogen) atoms. The number of pyridine rings is 1. The van der Waals surface area contributed by atoms with Gasteiger partial charge in [0.1, 0.15) is 0 Å². The molecule has 0 spiro atoms. The summed E-state index contributed by atoms with van der Waals surface area (Å²) < 4.78 is 7.90. The molecule has 5 heteroatoms. The topological polar surface area (TPSA) is 58.9 Å². The van der Waals surface area contributed by atoms with Gasteiger partial charge in [-0.1, -0.05) is 6.07 Å². The number of aliphatic hydroxyl groups excluding tert-OH is 1. The lowest BCUT2D eigenvalue weighted by Crippen LogP contribution is -2.02. The van der Waals surface area contributed by atoms with Crippen LogP contribution in [0, 0.1) is 0 Å². The van der Waals surface area contributed by atoms with Crippen LogP contribution >= 0.6 is 11.7 Å². The molecule has 0 aliphatic carbocycles. The highest BCUT2D eigenvalue weighted by atomic mass is 32.1. The first-order valence-electron chi connectivity index (χ1n) is 4.20. The maximum absolute atomic E-state index is 9.79. The number of aliphatic hydroxyl groups is 1. The van der Waals surface area contributed by atoms with E-state index in [1.807, 2.05) is 6.07 Å². The van der Waals surface area contributed by atoms with E-state index in [4.69, 9.17) is 0 Å². The van der Waals surface area contributed by atoms with Gasteiger partial charge in [-0.3, -0.25) is 4.98 Å². The predicted octanol–water partition coefficient (Wildman–Crippen LogP) is 1.21. The largest absolute Gasteiger partial charge is 0.388 e. The number of hydrogen-bond acceptors (Lipinski definition) is 5. The van der Waals surface area contributed by atoms with Crippen molar-refractivity contribution in [2.75, 3.05) is 0 Å². The van der Waals surface area contributed by atoms with Gasteiger partial charge in [-0.05, 0) is 11.6 Å². The van der Waals surface area contributed by atoms with Crippen LogP contribution in [0.5, 0.6) is 0 Å². The number of rotatable bonds is 3. The monoisotopic (exact) mass is 207 g/mol. The van der Waals surface area contributed by atoms with Crippen LogP contribution in [0.3, 0.4) is 0 Å². The molecule has 0 saturated carbocycles. The Morgan fingerprint density at radius 2 is 2.36 bits per heavy atom. The molecule has 2 rings (SSSR count). The molecular formula is C9H9N3OS. The van der Waals surface area contributed by atoms with Crippen molar-refractivity contribution in [3.05, 3.63) is 42.0 Å². The van der Waals surface area contributed by atoms with Gasteiger partial charge in [0.15, 0.2) is 0 Å². The third-order valence-electron chi connectivity index (χ3n) is 1.88. The van der Waals surface area contributed by atoms with Gasteiger partial charge in [0.25, 0.3) is 0 Å². The molecule has 0 aliphatic rings. The summed E-state index contributed by atoms with van der Waals surface area (Å²) in [5.41, 5.74) is 1.62. The Labute approximate surface area is 85.6 Å². The van der Waals surface area contributed by atoms with Crippen molar-refractivity contribution in [2.45, 2.75) is 12.5 Å². The van der Waals surface area contributed by atoms with Gasteiger partial charge in [0, 0.05) is 18.8 Å². The second kappa shape index (κ2) is 4.26. The first kappa shape index (κ1) is 9.23. The van der Waals surface area contributed by atoms with Gasteiger partial charge in [-0.15, -0.1) is 0 Å². The van der Waals surface area contributed by atoms with Gasteiger partial charge < -0.3 is 5.11 Å². The smallest absolute Gasteiger partial charge is 0.0861 e. The van der Waals surface area contributed by atoms with Gasteiger partial charge in [-0.2, -0.15) is 8.75 Å². The third kappa shape index (κ3) is 2.12. The summed E-state index contributed by atoms with van der Waals surface area (Å²) in [7, 11) is 0. The van der Waals surface area contributed by atoms with Crippen LogP contribution in [0.2, 0.25) is 0 Å². The Morgan fingerprint density at radius 3 is 3.00 bits per heavy atom. The molecule has 4 nitrogen and oxygen atoms in total. The molecule has 0 radical (unpaired) electrons. The minimum absolute atomic E-state index is 0.488. The molecule has 2 aromatic heterocycles. The molecule has 72 valence electrons. The predicted molar refractivity (Wildman–Crippen MR) is 52.8 cm³/mol. The normalized spacial score (nSPS) is 12.6. The van der Waals surface area contributed by atoms with Crippen molar-refractivity contribution >= 4 is 11.7 Å². The summed E-state index contributed by atoms with van der Waals surface area (Å²) in [5.74, 6) is 0. The Bertz CT molecular complexity index is 376. The van der Waals surface area contributed by atoms with E-state index in [0.29, 0.717) is 6.42 Å². The van der Waals surface area contributed by atoms with Gasteiger partial charge >= 0.3 is 0 Å². The summed E-state index contributed by atoms with van der Waals surface area (Å²) in [4.78, 5) is 3.94. The van der Waals surface area contributed by atoms with Crippen LogP contribution < -0.4 is 0 Å². The average Bonchev–Trinajstić information content (AvgIpc) is 2.72. The highest BCUT2D eigenvalue weighted by molar-refractivity contribution is 6.99. The van der Waals surface area contributed by atoms with Crippen LogP contribution in [0.1, 0.15) is 17.4 Å². The van der Waals surface area contributed by atoms with E-state index in [2.05, 4.69) is 13.7 Å². The van der Waals surface area contributed by atoms with Gasteiger partial charge in [0.2, 0.25) is 0 Å². The molecule has 1 atom stereocenters. The quantitative estimate of drug-likeness (QED) is 0.821. The summed E-state index contributed by atoms with van der Waals surface area (Å²) in [6.45, 7) is 0. The summed E-state index contributed by atoms with van der Waals surface area (Å²) in [5, 5.41) is 9.79. The van der Waals surface area contributed by atoms with E-state index in [-0.39, 0.29) is 0 Å². The SMILES string of the molecule is OC(Cc1cnsn1)c1cccnc1. The van der Waals surface area contributed by atoms with Crippen LogP contribution in [-0.2, 0) is 6.42 Å². The molecule has 0 fully saturated rings. The highest BCUT2D eigenvalue weighted by Gasteiger charge is 2.09. The van der Waals surface area contributed by atoms with Crippen molar-refractivity contribution in [2.24, 2.45) is 0 Å². The fraction of sp³-hybridized carbons (Fsp3) is 0.222. The first-order valence-corrected chi connectivity index (χ1v) is 4.94. The molecule has 0 amide bonds. The van der Waals surface area contributed by atoms with Crippen molar-refractivity contribution < 1.29 is 5.11 Å². The van der Waals surface area contributed by atoms with E-state index >= 15 is 0 Å². The van der Waals surface area contributed by atoms with Crippen molar-refractivity contribution in [1.29, 1.82) is 0 Å². The zero-order chi connectivity index (χ0) is 9.80. The minimum atomic E-state index is -0.549. The maximum atomic E-state index is 9.79. The van der Waals surface area contributed by atoms with E-state index < -0.39 is 6.10 Å². The van der Waals surface area contributed by atoms with Crippen molar-refractivity contribution in [1.82, 2.24) is 13.7 Å². The number of aromatic nitrogens is 3. The molecule has 0 aromatic carbocycles. The fourth-order valence-electron chi connectivity index (χ4n) is 1.16. The number of nitrogens with zero attached hydrogens (tertiary/aromatic N) is 3. The highest BCUT2D eigenvalue weighted by Crippen LogP contribution is 2.15. The Balaban J connectivity index is 2.07. The van der Waals surface area contributed by atoms with Crippen LogP contribution in [0.25, 0.3) is 0 Å². The molecule has 1 unspecified atom stereocenters. The molecular weight excluding hydrogens is 198 g/mol. The third-order valence-corrected chi connectivity index (χ3v) is 2.39. The Hall–Kier alpha value is -1.33. The van der Waals surface area contributed by atoms with E-state index in [9.17, 15) is 5.11 Å². The number of hydrogen-bond donors (Lipinski definition) is 1. The second-order valence-electron chi connectivity index (χ2n) is 2.91. The van der Waals surface area contributed by atoms with E-state index in [0.717, 1.165) is 23.0 Å².